The van der Waals surface area contributed by atoms with Gasteiger partial charge >= 0.3 is 0 Å². The summed E-state index contributed by atoms with van der Waals surface area (Å²) in [6.45, 7) is 2.66. The fourth-order valence-corrected chi connectivity index (χ4v) is 4.56. The molecule has 1 saturated heterocycles. The highest BCUT2D eigenvalue weighted by molar-refractivity contribution is 5.83. The zero-order chi connectivity index (χ0) is 19.7. The van der Waals surface area contributed by atoms with Crippen molar-refractivity contribution in [1.82, 2.24) is 9.47 Å². The molecule has 0 aliphatic carbocycles. The molecule has 1 aromatic heterocycles. The first kappa shape index (κ1) is 18.2. The Hall–Kier alpha value is -2.88. The van der Waals surface area contributed by atoms with E-state index in [1.807, 2.05) is 30.3 Å². The average molecular weight is 383 g/mol. The van der Waals surface area contributed by atoms with E-state index in [0.29, 0.717) is 0 Å². The summed E-state index contributed by atoms with van der Waals surface area (Å²) in [4.78, 5) is 2.46. The smallest absolute Gasteiger partial charge is 0.0920 e. The normalized spacial score (nSPS) is 16.9. The quantitative estimate of drug-likeness (QED) is 0.531. The van der Waals surface area contributed by atoms with Crippen molar-refractivity contribution in [2.45, 2.75) is 25.0 Å². The van der Waals surface area contributed by atoms with Crippen LogP contribution >= 0.6 is 0 Å². The van der Waals surface area contributed by atoms with E-state index in [-0.39, 0.29) is 0 Å². The molecule has 0 spiro atoms. The van der Waals surface area contributed by atoms with Gasteiger partial charge in [0.05, 0.1) is 11.1 Å². The summed E-state index contributed by atoms with van der Waals surface area (Å²) in [5, 5.41) is 12.4. The molecule has 0 unspecified atom stereocenters. The zero-order valence-electron chi connectivity index (χ0n) is 16.5. The number of piperidine rings is 1. The van der Waals surface area contributed by atoms with Crippen LogP contribution in [-0.2, 0) is 12.1 Å². The van der Waals surface area contributed by atoms with E-state index < -0.39 is 5.60 Å². The first-order chi connectivity index (χ1) is 14.2. The Bertz CT molecular complexity index is 1090. The van der Waals surface area contributed by atoms with Crippen LogP contribution in [0, 0.1) is 0 Å². The number of hydrogen-bond acceptors (Lipinski definition) is 2. The summed E-state index contributed by atoms with van der Waals surface area (Å²) in [5.74, 6) is 0. The van der Waals surface area contributed by atoms with Gasteiger partial charge in [0.15, 0.2) is 0 Å². The first-order valence-corrected chi connectivity index (χ1v) is 10.4. The number of rotatable bonds is 4. The molecule has 4 aromatic rings. The predicted octanol–water partition coefficient (Wildman–Crippen LogP) is 5.11. The summed E-state index contributed by atoms with van der Waals surface area (Å²) in [5.41, 5.74) is 4.07. The molecule has 2 heterocycles. The molecular formula is C26H26N2O. The van der Waals surface area contributed by atoms with E-state index in [1.165, 1.54) is 22.3 Å². The highest BCUT2D eigenvalue weighted by atomic mass is 16.3. The van der Waals surface area contributed by atoms with Gasteiger partial charge in [-0.25, -0.2) is 0 Å². The van der Waals surface area contributed by atoms with E-state index in [4.69, 9.17) is 0 Å². The summed E-state index contributed by atoms with van der Waals surface area (Å²) in [6.07, 6.45) is 1.53. The van der Waals surface area contributed by atoms with Crippen molar-refractivity contribution in [3.63, 3.8) is 0 Å². The molecule has 3 heteroatoms. The Balaban J connectivity index is 1.41. The molecule has 1 fully saturated rings. The number of aliphatic hydroxyl groups is 1. The first-order valence-electron chi connectivity index (χ1n) is 10.4. The molecule has 0 bridgehead atoms. The lowest BCUT2D eigenvalue weighted by Gasteiger charge is -2.38. The van der Waals surface area contributed by atoms with Crippen molar-refractivity contribution in [1.29, 1.82) is 0 Å². The van der Waals surface area contributed by atoms with E-state index in [2.05, 4.69) is 70.1 Å². The standard InChI is InChI=1S/C26H26N2O/c29-26(22-10-3-1-4-11-22)15-17-27(18-16-26)20-24-19-21-9-7-8-14-25(21)28(24)23-12-5-2-6-13-23/h1-14,19,29H,15-18,20H2. The maximum Gasteiger partial charge on any atom is 0.0920 e. The average Bonchev–Trinajstić information content (AvgIpc) is 3.14. The fourth-order valence-electron chi connectivity index (χ4n) is 4.56. The Labute approximate surface area is 171 Å². The van der Waals surface area contributed by atoms with Crippen LogP contribution in [0.1, 0.15) is 24.1 Å². The van der Waals surface area contributed by atoms with Gasteiger partial charge in [-0.3, -0.25) is 4.90 Å². The maximum atomic E-state index is 11.1. The summed E-state index contributed by atoms with van der Waals surface area (Å²) < 4.78 is 2.37. The van der Waals surface area contributed by atoms with Gasteiger partial charge in [-0.15, -0.1) is 0 Å². The van der Waals surface area contributed by atoms with Crippen LogP contribution in [0.3, 0.4) is 0 Å². The summed E-state index contributed by atoms with van der Waals surface area (Å²) in [7, 11) is 0. The number of nitrogens with zero attached hydrogens (tertiary/aromatic N) is 2. The molecule has 0 radical (unpaired) electrons. The number of likely N-dealkylation sites (tertiary alicyclic amines) is 1. The van der Waals surface area contributed by atoms with E-state index in [0.717, 1.165) is 38.0 Å². The lowest BCUT2D eigenvalue weighted by Crippen LogP contribution is -2.42. The highest BCUT2D eigenvalue weighted by Gasteiger charge is 2.34. The molecule has 0 amide bonds. The monoisotopic (exact) mass is 382 g/mol. The van der Waals surface area contributed by atoms with Crippen LogP contribution < -0.4 is 0 Å². The second-order valence-electron chi connectivity index (χ2n) is 8.04. The topological polar surface area (TPSA) is 28.4 Å². The van der Waals surface area contributed by atoms with E-state index in [9.17, 15) is 5.11 Å². The van der Waals surface area contributed by atoms with Gasteiger partial charge in [0, 0.05) is 36.4 Å². The minimum atomic E-state index is -0.704. The van der Waals surface area contributed by atoms with Gasteiger partial charge in [0.25, 0.3) is 0 Å². The molecule has 3 aromatic carbocycles. The highest BCUT2D eigenvalue weighted by Crippen LogP contribution is 2.34. The second kappa shape index (κ2) is 7.51. The SMILES string of the molecule is OC1(c2ccccc2)CCN(Cc2cc3ccccc3n2-c2ccccc2)CC1. The third kappa shape index (κ3) is 3.48. The molecule has 1 aliphatic rings. The fraction of sp³-hybridized carbons (Fsp3) is 0.231. The molecule has 1 aliphatic heterocycles. The minimum Gasteiger partial charge on any atom is -0.385 e. The Kier molecular flexibility index (Phi) is 4.70. The predicted molar refractivity (Wildman–Crippen MR) is 118 cm³/mol. The van der Waals surface area contributed by atoms with Crippen LogP contribution in [0.15, 0.2) is 91.0 Å². The number of fused-ring (bicyclic) bond motifs is 1. The van der Waals surface area contributed by atoms with E-state index >= 15 is 0 Å². The molecule has 1 N–H and O–H groups in total. The lowest BCUT2D eigenvalue weighted by atomic mass is 9.84. The van der Waals surface area contributed by atoms with Gasteiger partial charge in [0.2, 0.25) is 0 Å². The summed E-state index contributed by atoms with van der Waals surface area (Å²) in [6, 6.07) is 31.6. The van der Waals surface area contributed by atoms with Gasteiger partial charge < -0.3 is 9.67 Å². The second-order valence-corrected chi connectivity index (χ2v) is 8.04. The molecule has 0 atom stereocenters. The molecule has 146 valence electrons. The van der Waals surface area contributed by atoms with Crippen LogP contribution in [0.2, 0.25) is 0 Å². The van der Waals surface area contributed by atoms with Gasteiger partial charge in [-0.05, 0) is 42.7 Å². The Morgan fingerprint density at radius 2 is 1.38 bits per heavy atom. The van der Waals surface area contributed by atoms with Gasteiger partial charge in [-0.2, -0.15) is 0 Å². The summed E-state index contributed by atoms with van der Waals surface area (Å²) >= 11 is 0. The van der Waals surface area contributed by atoms with Crippen LogP contribution in [0.5, 0.6) is 0 Å². The van der Waals surface area contributed by atoms with E-state index in [1.54, 1.807) is 0 Å². The Morgan fingerprint density at radius 3 is 2.10 bits per heavy atom. The number of para-hydroxylation sites is 2. The van der Waals surface area contributed by atoms with Crippen molar-refractivity contribution in [2.24, 2.45) is 0 Å². The van der Waals surface area contributed by atoms with Gasteiger partial charge in [-0.1, -0.05) is 66.7 Å². The molecule has 29 heavy (non-hydrogen) atoms. The van der Waals surface area contributed by atoms with Crippen LogP contribution in [0.25, 0.3) is 16.6 Å². The molecule has 0 saturated carbocycles. The van der Waals surface area contributed by atoms with Crippen molar-refractivity contribution in [2.75, 3.05) is 13.1 Å². The van der Waals surface area contributed by atoms with Crippen molar-refractivity contribution >= 4 is 10.9 Å². The van der Waals surface area contributed by atoms with Crippen LogP contribution in [-0.4, -0.2) is 27.7 Å². The van der Waals surface area contributed by atoms with Crippen molar-refractivity contribution < 1.29 is 5.11 Å². The number of hydrogen-bond donors (Lipinski definition) is 1. The molecular weight excluding hydrogens is 356 g/mol. The molecule has 5 rings (SSSR count). The third-order valence-corrected chi connectivity index (χ3v) is 6.18. The lowest BCUT2D eigenvalue weighted by molar-refractivity contribution is -0.0280. The zero-order valence-corrected chi connectivity index (χ0v) is 16.5. The van der Waals surface area contributed by atoms with Crippen molar-refractivity contribution in [3.05, 3.63) is 102 Å². The number of aromatic nitrogens is 1. The third-order valence-electron chi connectivity index (χ3n) is 6.18. The minimum absolute atomic E-state index is 0.704. The largest absolute Gasteiger partial charge is 0.385 e. The van der Waals surface area contributed by atoms with Crippen molar-refractivity contribution in [3.8, 4) is 5.69 Å². The maximum absolute atomic E-state index is 11.1. The van der Waals surface area contributed by atoms with Gasteiger partial charge in [0.1, 0.15) is 0 Å². The number of benzene rings is 3. The molecule has 3 nitrogen and oxygen atoms in total. The van der Waals surface area contributed by atoms with Crippen LogP contribution in [0.4, 0.5) is 0 Å². The Morgan fingerprint density at radius 1 is 0.759 bits per heavy atom.